The van der Waals surface area contributed by atoms with E-state index in [-0.39, 0.29) is 23.2 Å². The summed E-state index contributed by atoms with van der Waals surface area (Å²) in [7, 11) is -3.99. The van der Waals surface area contributed by atoms with Crippen molar-refractivity contribution in [3.05, 3.63) is 59.8 Å². The molecule has 1 fully saturated rings. The number of sulfonamides is 1. The van der Waals surface area contributed by atoms with Crippen molar-refractivity contribution >= 4 is 38.5 Å². The number of anilines is 1. The number of rotatable bonds is 9. The first-order chi connectivity index (χ1) is 18.8. The molecule has 1 aromatic heterocycles. The van der Waals surface area contributed by atoms with Gasteiger partial charge in [-0.2, -0.15) is 4.72 Å². The quantitative estimate of drug-likeness (QED) is 0.349. The van der Waals surface area contributed by atoms with Crippen LogP contribution in [0.25, 0.3) is 10.9 Å². The molecule has 2 aromatic carbocycles. The molecule has 0 aliphatic carbocycles. The Morgan fingerprint density at radius 2 is 1.92 bits per heavy atom. The second-order valence-corrected chi connectivity index (χ2v) is 12.1. The number of aromatic amines is 1. The fraction of sp³-hybridized carbons (Fsp3) is 0.448. The summed E-state index contributed by atoms with van der Waals surface area (Å²) in [6.45, 7) is 3.57. The normalized spacial score (nSPS) is 16.9. The predicted octanol–water partition coefficient (Wildman–Crippen LogP) is 3.61. The fourth-order valence-electron chi connectivity index (χ4n) is 5.68. The topological polar surface area (TPSA) is 121 Å². The molecular weight excluding hydrogens is 516 g/mol. The van der Waals surface area contributed by atoms with Gasteiger partial charge in [0.15, 0.2) is 0 Å². The molecule has 5 rings (SSSR count). The number of amides is 1. The molecule has 1 unspecified atom stereocenters. The Morgan fingerprint density at radius 3 is 2.72 bits per heavy atom. The van der Waals surface area contributed by atoms with Crippen LogP contribution in [0.4, 0.5) is 5.69 Å². The van der Waals surface area contributed by atoms with Crippen LogP contribution >= 0.6 is 0 Å². The number of carbonyl (C=O) groups excluding carboxylic acids is 2. The molecule has 208 valence electrons. The summed E-state index contributed by atoms with van der Waals surface area (Å²) >= 11 is 0. The van der Waals surface area contributed by atoms with Crippen molar-refractivity contribution in [3.63, 3.8) is 0 Å². The van der Waals surface area contributed by atoms with E-state index in [9.17, 15) is 18.0 Å². The van der Waals surface area contributed by atoms with Crippen LogP contribution in [-0.4, -0.2) is 62.5 Å². The zero-order valence-electron chi connectivity index (χ0n) is 22.2. The first-order valence-corrected chi connectivity index (χ1v) is 15.2. The third kappa shape index (κ3) is 6.28. The summed E-state index contributed by atoms with van der Waals surface area (Å²) in [6.07, 6.45) is 6.19. The minimum absolute atomic E-state index is 0.181. The highest BCUT2D eigenvalue weighted by molar-refractivity contribution is 7.89. The molecule has 0 bridgehead atoms. The van der Waals surface area contributed by atoms with Crippen LogP contribution in [0.15, 0.2) is 53.6 Å². The number of H-pyrrole nitrogens is 1. The van der Waals surface area contributed by atoms with Crippen LogP contribution in [0.1, 0.15) is 43.7 Å². The Morgan fingerprint density at radius 1 is 1.13 bits per heavy atom. The van der Waals surface area contributed by atoms with Crippen LogP contribution < -0.4 is 10.0 Å². The summed E-state index contributed by atoms with van der Waals surface area (Å²) < 4.78 is 35.4. The highest BCUT2D eigenvalue weighted by Crippen LogP contribution is 2.30. The van der Waals surface area contributed by atoms with Gasteiger partial charge < -0.3 is 19.9 Å². The Hall–Kier alpha value is -3.37. The van der Waals surface area contributed by atoms with Gasteiger partial charge >= 0.3 is 5.97 Å². The Labute approximate surface area is 229 Å². The summed E-state index contributed by atoms with van der Waals surface area (Å²) in [5, 5.41) is 4.22. The number of aryl methyl sites for hydroxylation is 1. The fourth-order valence-corrected chi connectivity index (χ4v) is 7.10. The number of hydrogen-bond acceptors (Lipinski definition) is 6. The molecule has 39 heavy (non-hydrogen) atoms. The first kappa shape index (κ1) is 27.2. The van der Waals surface area contributed by atoms with E-state index in [4.69, 9.17) is 4.74 Å². The van der Waals surface area contributed by atoms with Gasteiger partial charge in [0.25, 0.3) is 0 Å². The molecular formula is C29H36N4O5S. The number of nitrogens with zero attached hydrogens (tertiary/aromatic N) is 1. The van der Waals surface area contributed by atoms with Gasteiger partial charge in [0.1, 0.15) is 10.9 Å². The number of hydrogen-bond donors (Lipinski definition) is 3. The highest BCUT2D eigenvalue weighted by Gasteiger charge is 2.33. The number of likely N-dealkylation sites (tertiary alicyclic amines) is 1. The molecule has 1 amide bonds. The Kier molecular flexibility index (Phi) is 8.23. The molecule has 9 nitrogen and oxygen atoms in total. The Bertz CT molecular complexity index is 1440. The second-order valence-electron chi connectivity index (χ2n) is 10.5. The van der Waals surface area contributed by atoms with Gasteiger partial charge in [0.2, 0.25) is 15.9 Å². The maximum atomic E-state index is 13.9. The molecule has 1 saturated heterocycles. The van der Waals surface area contributed by atoms with Gasteiger partial charge in [-0.15, -0.1) is 0 Å². The van der Waals surface area contributed by atoms with Crippen LogP contribution in [0.5, 0.6) is 0 Å². The molecule has 0 saturated carbocycles. The minimum Gasteiger partial charge on any atom is -0.466 e. The van der Waals surface area contributed by atoms with Crippen LogP contribution in [0.3, 0.4) is 0 Å². The lowest BCUT2D eigenvalue weighted by Gasteiger charge is -2.34. The number of benzene rings is 2. The number of piperidine rings is 1. The molecule has 0 radical (unpaired) electrons. The zero-order valence-corrected chi connectivity index (χ0v) is 23.1. The van der Waals surface area contributed by atoms with E-state index in [1.807, 2.05) is 36.5 Å². The number of aromatic nitrogens is 1. The average Bonchev–Trinajstić information content (AvgIpc) is 3.35. The second kappa shape index (κ2) is 11.8. The lowest BCUT2D eigenvalue weighted by Crippen LogP contribution is -2.51. The number of para-hydroxylation sites is 2. The van der Waals surface area contributed by atoms with Crippen molar-refractivity contribution in [3.8, 4) is 0 Å². The number of ether oxygens (including phenoxy) is 1. The lowest BCUT2D eigenvalue weighted by molar-refractivity contribution is -0.141. The van der Waals surface area contributed by atoms with Crippen molar-refractivity contribution in [1.82, 2.24) is 14.6 Å². The largest absolute Gasteiger partial charge is 0.466 e. The third-order valence-corrected chi connectivity index (χ3v) is 9.29. The predicted molar refractivity (Wildman–Crippen MR) is 150 cm³/mol. The van der Waals surface area contributed by atoms with E-state index in [0.29, 0.717) is 37.8 Å². The van der Waals surface area contributed by atoms with Gasteiger partial charge in [-0.1, -0.05) is 30.3 Å². The molecule has 0 spiro atoms. The maximum absolute atomic E-state index is 13.9. The van der Waals surface area contributed by atoms with Gasteiger partial charge in [-0.25, -0.2) is 8.42 Å². The molecule has 3 heterocycles. The van der Waals surface area contributed by atoms with Crippen LogP contribution in [-0.2, 0) is 37.2 Å². The van der Waals surface area contributed by atoms with Crippen LogP contribution in [0, 0.1) is 5.92 Å². The van der Waals surface area contributed by atoms with E-state index < -0.39 is 16.1 Å². The standard InChI is InChI=1S/C29H36N4O5S/c1-20(34)38-17-13-21-11-15-33(16-12-21)29(35)26(18-23-19-31-25-9-3-2-8-24(23)25)32-39(36,37)27-10-4-6-22-7-5-14-30-28(22)27/h2-4,6,8-10,19,21,26,30-32H,5,7,11-18H2,1H3. The smallest absolute Gasteiger partial charge is 0.302 e. The summed E-state index contributed by atoms with van der Waals surface area (Å²) in [4.78, 5) is 30.1. The average molecular weight is 553 g/mol. The van der Waals surface area contributed by atoms with Crippen molar-refractivity contribution in [2.75, 3.05) is 31.6 Å². The van der Waals surface area contributed by atoms with Crippen molar-refractivity contribution in [2.24, 2.45) is 5.92 Å². The van der Waals surface area contributed by atoms with E-state index in [1.165, 1.54) is 6.92 Å². The van der Waals surface area contributed by atoms with Gasteiger partial charge in [-0.3, -0.25) is 9.59 Å². The number of fused-ring (bicyclic) bond motifs is 2. The minimum atomic E-state index is -3.99. The number of esters is 1. The van der Waals surface area contributed by atoms with Gasteiger partial charge in [-0.05, 0) is 67.7 Å². The van der Waals surface area contributed by atoms with Gasteiger partial charge in [0, 0.05) is 43.7 Å². The molecule has 1 atom stereocenters. The molecule has 10 heteroatoms. The maximum Gasteiger partial charge on any atom is 0.302 e. The number of nitrogens with one attached hydrogen (secondary N) is 3. The summed E-state index contributed by atoms with van der Waals surface area (Å²) in [6, 6.07) is 12.2. The van der Waals surface area contributed by atoms with Crippen molar-refractivity contribution in [1.29, 1.82) is 0 Å². The van der Waals surface area contributed by atoms with Crippen LogP contribution in [0.2, 0.25) is 0 Å². The lowest BCUT2D eigenvalue weighted by atomic mass is 9.93. The summed E-state index contributed by atoms with van der Waals surface area (Å²) in [5.41, 5.74) is 3.43. The summed E-state index contributed by atoms with van der Waals surface area (Å²) in [5.74, 6) is -0.149. The molecule has 3 aromatic rings. The molecule has 2 aliphatic heterocycles. The molecule has 2 aliphatic rings. The first-order valence-electron chi connectivity index (χ1n) is 13.7. The third-order valence-electron chi connectivity index (χ3n) is 7.78. The zero-order chi connectivity index (χ0) is 27.4. The van der Waals surface area contributed by atoms with E-state index >= 15 is 0 Å². The van der Waals surface area contributed by atoms with E-state index in [2.05, 4.69) is 15.0 Å². The van der Waals surface area contributed by atoms with Gasteiger partial charge in [0.05, 0.1) is 12.3 Å². The SMILES string of the molecule is CC(=O)OCCC1CCN(C(=O)C(Cc2c[nH]c3ccccc23)NS(=O)(=O)c2cccc3c2NCCC3)CC1. The highest BCUT2D eigenvalue weighted by atomic mass is 32.2. The molecule has 3 N–H and O–H groups in total. The number of carbonyl (C=O) groups is 2. The van der Waals surface area contributed by atoms with Crippen molar-refractivity contribution in [2.45, 2.75) is 56.4 Å². The Balaban J connectivity index is 1.37. The van der Waals surface area contributed by atoms with Crippen molar-refractivity contribution < 1.29 is 22.7 Å². The van der Waals surface area contributed by atoms with E-state index in [1.54, 1.807) is 17.0 Å². The monoisotopic (exact) mass is 552 g/mol. The van der Waals surface area contributed by atoms with E-state index in [0.717, 1.165) is 54.1 Å².